The molecular formula is C30H39FN4O4SSi. The van der Waals surface area contributed by atoms with Crippen LogP contribution in [0.25, 0.3) is 11.1 Å². The number of pyridine rings is 1. The first-order valence-corrected chi connectivity index (χ1v) is 17.8. The number of aryl methyl sites for hydroxylation is 1. The van der Waals surface area contributed by atoms with Gasteiger partial charge in [-0.05, 0) is 86.7 Å². The fourth-order valence-electron chi connectivity index (χ4n) is 5.88. The van der Waals surface area contributed by atoms with Gasteiger partial charge in [0.05, 0.1) is 30.4 Å². The maximum atomic E-state index is 14.9. The highest BCUT2D eigenvalue weighted by molar-refractivity contribution is 7.17. The molecule has 2 heterocycles. The van der Waals surface area contributed by atoms with Gasteiger partial charge in [0.1, 0.15) is 11.6 Å². The molecule has 0 spiro atoms. The van der Waals surface area contributed by atoms with Gasteiger partial charge in [-0.3, -0.25) is 15.1 Å². The number of nitrogens with one attached hydrogen (secondary N) is 1. The molecule has 2 fully saturated rings. The van der Waals surface area contributed by atoms with Crippen molar-refractivity contribution in [1.82, 2.24) is 15.2 Å². The van der Waals surface area contributed by atoms with Gasteiger partial charge < -0.3 is 13.9 Å². The van der Waals surface area contributed by atoms with Gasteiger partial charge in [0.2, 0.25) is 5.13 Å². The quantitative estimate of drug-likeness (QED) is 0.256. The Bertz CT molecular complexity index is 1450. The molecule has 0 saturated heterocycles. The van der Waals surface area contributed by atoms with Crippen LogP contribution in [0.2, 0.25) is 18.1 Å². The van der Waals surface area contributed by atoms with E-state index in [0.29, 0.717) is 33.9 Å². The van der Waals surface area contributed by atoms with E-state index in [1.165, 1.54) is 30.7 Å². The minimum absolute atomic E-state index is 0.0344. The monoisotopic (exact) mass is 598 g/mol. The number of carbonyl (C=O) groups is 1. The number of benzene rings is 1. The van der Waals surface area contributed by atoms with E-state index in [4.69, 9.17) is 13.9 Å². The van der Waals surface area contributed by atoms with E-state index < -0.39 is 20.0 Å². The molecule has 1 amide bonds. The zero-order valence-electron chi connectivity index (χ0n) is 24.9. The van der Waals surface area contributed by atoms with E-state index >= 15 is 0 Å². The Morgan fingerprint density at radius 3 is 2.59 bits per heavy atom. The highest BCUT2D eigenvalue weighted by atomic mass is 32.1. The molecule has 41 heavy (non-hydrogen) atoms. The summed E-state index contributed by atoms with van der Waals surface area (Å²) >= 11 is 1.17. The van der Waals surface area contributed by atoms with E-state index in [-0.39, 0.29) is 27.2 Å². The van der Waals surface area contributed by atoms with Crippen molar-refractivity contribution < 1.29 is 23.1 Å². The van der Waals surface area contributed by atoms with Crippen LogP contribution in [0.4, 0.5) is 9.52 Å². The molecule has 2 aromatic heterocycles. The molecule has 2 saturated carbocycles. The Morgan fingerprint density at radius 1 is 1.17 bits per heavy atom. The molecule has 0 aliphatic heterocycles. The summed E-state index contributed by atoms with van der Waals surface area (Å²) in [5.41, 5.74) is 1.48. The number of nitrogens with zero attached hydrogens (tertiary/aromatic N) is 3. The zero-order chi connectivity index (χ0) is 29.6. The van der Waals surface area contributed by atoms with E-state index in [1.807, 2.05) is 0 Å². The number of methoxy groups -OCH3 is 1. The van der Waals surface area contributed by atoms with Gasteiger partial charge in [0.15, 0.2) is 8.32 Å². The second-order valence-corrected chi connectivity index (χ2v) is 18.7. The lowest BCUT2D eigenvalue weighted by Gasteiger charge is -2.43. The largest absolute Gasteiger partial charge is 0.496 e. The number of fused-ring (bicyclic) bond motifs is 2. The van der Waals surface area contributed by atoms with Crippen LogP contribution in [0.15, 0.2) is 30.5 Å². The second-order valence-electron chi connectivity index (χ2n) is 13.0. The standard InChI is InChI=1S/C30H39FN4O4SSi/c1-19-15-20(24-22(31)9-8-10-23(24)37-5)21(16-32-19)25(36)33-26-34-35-27(40-26)38-18-29-11-13-30(17-29,14-12-29)39-41(6,7)28(2,3)4/h8-10,15-16H,11-14,17-18H2,1-7H3,(H,33,34,36). The third kappa shape index (κ3) is 5.89. The van der Waals surface area contributed by atoms with Crippen molar-refractivity contribution in [3.8, 4) is 22.1 Å². The smallest absolute Gasteiger partial charge is 0.295 e. The van der Waals surface area contributed by atoms with Crippen LogP contribution >= 0.6 is 11.3 Å². The molecule has 5 rings (SSSR count). The SMILES string of the molecule is COc1cccc(F)c1-c1cc(C)ncc1C(=O)Nc1nnc(OCC23CCC(O[Si](C)(C)C(C)(C)C)(CC2)C3)s1. The fourth-order valence-corrected chi connectivity index (χ4v) is 8.14. The van der Waals surface area contributed by atoms with Crippen molar-refractivity contribution in [3.63, 3.8) is 0 Å². The Hall–Kier alpha value is -2.89. The minimum atomic E-state index is -1.87. The highest BCUT2D eigenvalue weighted by Gasteiger charge is 2.58. The number of ether oxygens (including phenoxy) is 2. The molecular weight excluding hydrogens is 560 g/mol. The van der Waals surface area contributed by atoms with Crippen LogP contribution in [0.5, 0.6) is 10.9 Å². The summed E-state index contributed by atoms with van der Waals surface area (Å²) in [5.74, 6) is -0.640. The summed E-state index contributed by atoms with van der Waals surface area (Å²) in [5, 5.41) is 11.9. The number of rotatable bonds is 9. The summed E-state index contributed by atoms with van der Waals surface area (Å²) < 4.78 is 33.4. The topological polar surface area (TPSA) is 95.5 Å². The summed E-state index contributed by atoms with van der Waals surface area (Å²) in [6, 6.07) is 6.22. The summed E-state index contributed by atoms with van der Waals surface area (Å²) in [6.45, 7) is 13.9. The van der Waals surface area contributed by atoms with Crippen molar-refractivity contribution in [2.45, 2.75) is 83.5 Å². The third-order valence-electron chi connectivity index (χ3n) is 9.08. The van der Waals surface area contributed by atoms with Crippen LogP contribution in [-0.4, -0.2) is 48.7 Å². The van der Waals surface area contributed by atoms with E-state index in [0.717, 1.165) is 32.1 Å². The molecule has 0 radical (unpaired) electrons. The maximum Gasteiger partial charge on any atom is 0.295 e. The number of hydrogen-bond donors (Lipinski definition) is 1. The number of aromatic nitrogens is 3. The van der Waals surface area contributed by atoms with Gasteiger partial charge in [-0.1, -0.05) is 31.9 Å². The Kier molecular flexibility index (Phi) is 7.75. The Balaban J connectivity index is 1.25. The second kappa shape index (κ2) is 10.7. The van der Waals surface area contributed by atoms with Crippen LogP contribution in [0, 0.1) is 18.2 Å². The molecule has 220 valence electrons. The fraction of sp³-hybridized carbons (Fsp3) is 0.533. The number of anilines is 1. The van der Waals surface area contributed by atoms with Crippen LogP contribution in [-0.2, 0) is 4.43 Å². The Labute approximate surface area is 246 Å². The predicted octanol–water partition coefficient (Wildman–Crippen LogP) is 7.41. The number of hydrogen-bond acceptors (Lipinski definition) is 8. The van der Waals surface area contributed by atoms with Gasteiger partial charge in [0.25, 0.3) is 11.1 Å². The molecule has 8 nitrogen and oxygen atoms in total. The van der Waals surface area contributed by atoms with Crippen LogP contribution in [0.3, 0.4) is 0 Å². The van der Waals surface area contributed by atoms with Crippen LogP contribution in [0.1, 0.15) is 68.9 Å². The summed E-state index contributed by atoms with van der Waals surface area (Å²) in [7, 11) is -0.403. The van der Waals surface area contributed by atoms with E-state index in [2.05, 4.69) is 54.4 Å². The molecule has 3 aromatic rings. The van der Waals surface area contributed by atoms with Crippen molar-refractivity contribution >= 4 is 30.7 Å². The Morgan fingerprint density at radius 2 is 1.90 bits per heavy atom. The normalized spacial score (nSPS) is 22.1. The van der Waals surface area contributed by atoms with Gasteiger partial charge in [-0.25, -0.2) is 4.39 Å². The molecule has 11 heteroatoms. The number of amides is 1. The van der Waals surface area contributed by atoms with Gasteiger partial charge in [-0.2, -0.15) is 0 Å². The first-order valence-electron chi connectivity index (χ1n) is 14.0. The van der Waals surface area contributed by atoms with Gasteiger partial charge in [-0.15, -0.1) is 5.10 Å². The molecule has 2 aliphatic rings. The molecule has 1 aromatic carbocycles. The van der Waals surface area contributed by atoms with Crippen molar-refractivity contribution in [1.29, 1.82) is 0 Å². The van der Waals surface area contributed by atoms with Crippen LogP contribution < -0.4 is 14.8 Å². The lowest BCUT2D eigenvalue weighted by Crippen LogP contribution is -2.48. The minimum Gasteiger partial charge on any atom is -0.496 e. The average molecular weight is 599 g/mol. The highest BCUT2D eigenvalue weighted by Crippen LogP contribution is 2.60. The first kappa shape index (κ1) is 29.6. The van der Waals surface area contributed by atoms with E-state index in [9.17, 15) is 9.18 Å². The van der Waals surface area contributed by atoms with Gasteiger partial charge >= 0.3 is 0 Å². The molecule has 1 N–H and O–H groups in total. The van der Waals surface area contributed by atoms with E-state index in [1.54, 1.807) is 25.1 Å². The van der Waals surface area contributed by atoms with Crippen molar-refractivity contribution in [2.24, 2.45) is 5.41 Å². The van der Waals surface area contributed by atoms with Gasteiger partial charge in [0, 0.05) is 22.9 Å². The average Bonchev–Trinajstić information content (AvgIpc) is 3.60. The lowest BCUT2D eigenvalue weighted by molar-refractivity contribution is 0.0639. The molecule has 2 aliphatic carbocycles. The molecule has 0 unspecified atom stereocenters. The summed E-state index contributed by atoms with van der Waals surface area (Å²) in [6.07, 6.45) is 6.74. The third-order valence-corrected chi connectivity index (χ3v) is 14.4. The number of halogens is 1. The maximum absolute atomic E-state index is 14.9. The van der Waals surface area contributed by atoms with Crippen molar-refractivity contribution in [2.75, 3.05) is 19.0 Å². The molecule has 2 bridgehead atoms. The summed E-state index contributed by atoms with van der Waals surface area (Å²) in [4.78, 5) is 17.6. The number of carbonyl (C=O) groups excluding carboxylic acids is 1. The van der Waals surface area contributed by atoms with Crippen molar-refractivity contribution in [3.05, 3.63) is 47.5 Å². The zero-order valence-corrected chi connectivity index (χ0v) is 26.7. The molecule has 0 atom stereocenters. The predicted molar refractivity (Wildman–Crippen MR) is 161 cm³/mol. The first-order chi connectivity index (χ1) is 19.3. The lowest BCUT2D eigenvalue weighted by atomic mass is 9.85.